The van der Waals surface area contributed by atoms with E-state index in [0.29, 0.717) is 14.7 Å². The number of hydrogen-bond donors (Lipinski definition) is 2. The number of amidine groups is 1. The molecule has 0 amide bonds. The summed E-state index contributed by atoms with van der Waals surface area (Å²) >= 11 is 4.39. The minimum absolute atomic E-state index is 0.0392. The third-order valence-corrected chi connectivity index (χ3v) is 4.26. The van der Waals surface area contributed by atoms with Crippen LogP contribution in [0.5, 0.6) is 0 Å². The van der Waals surface area contributed by atoms with Gasteiger partial charge in [0, 0.05) is 15.2 Å². The highest BCUT2D eigenvalue weighted by Crippen LogP contribution is 2.34. The van der Waals surface area contributed by atoms with E-state index in [1.54, 1.807) is 5.38 Å². The van der Waals surface area contributed by atoms with Crippen molar-refractivity contribution in [1.82, 2.24) is 4.57 Å². The summed E-state index contributed by atoms with van der Waals surface area (Å²) in [4.78, 5) is 0.417. The van der Waals surface area contributed by atoms with Crippen molar-refractivity contribution in [2.75, 3.05) is 0 Å². The highest BCUT2D eigenvalue weighted by Gasteiger charge is 2.31. The van der Waals surface area contributed by atoms with Gasteiger partial charge < -0.3 is 15.5 Å². The second-order valence-electron chi connectivity index (χ2n) is 3.52. The van der Waals surface area contributed by atoms with E-state index in [1.807, 2.05) is 0 Å². The zero-order chi connectivity index (χ0) is 13.5. The molecule has 0 aromatic carbocycles. The second-order valence-corrected chi connectivity index (χ2v) is 5.23. The van der Waals surface area contributed by atoms with Crippen molar-refractivity contribution < 1.29 is 18.4 Å². The average Bonchev–Trinajstić information content (AvgIpc) is 2.78. The van der Waals surface area contributed by atoms with Crippen LogP contribution in [0.25, 0.3) is 10.2 Å². The fourth-order valence-electron chi connectivity index (χ4n) is 1.60. The van der Waals surface area contributed by atoms with Crippen LogP contribution in [-0.2, 0) is 6.54 Å². The quantitative estimate of drug-likeness (QED) is 0.381. The van der Waals surface area contributed by atoms with Gasteiger partial charge in [0.25, 0.3) is 0 Å². The van der Waals surface area contributed by atoms with Gasteiger partial charge in [-0.1, -0.05) is 5.16 Å². The molecule has 4 nitrogen and oxygen atoms in total. The first-order valence-electron chi connectivity index (χ1n) is 4.64. The highest BCUT2D eigenvalue weighted by molar-refractivity contribution is 9.10. The van der Waals surface area contributed by atoms with Crippen molar-refractivity contribution >= 4 is 43.3 Å². The number of halogens is 4. The summed E-state index contributed by atoms with van der Waals surface area (Å²) in [6, 6.07) is 1.46. The Morgan fingerprint density at radius 1 is 1.56 bits per heavy atom. The predicted molar refractivity (Wildman–Crippen MR) is 66.1 cm³/mol. The Hall–Kier alpha value is -1.22. The molecule has 2 aromatic heterocycles. The summed E-state index contributed by atoms with van der Waals surface area (Å²) in [6.07, 6.45) is -4.38. The number of nitrogens with two attached hydrogens (primary N) is 1. The predicted octanol–water partition coefficient (Wildman–Crippen LogP) is 3.12. The molecule has 18 heavy (non-hydrogen) atoms. The zero-order valence-corrected chi connectivity index (χ0v) is 11.1. The summed E-state index contributed by atoms with van der Waals surface area (Å²) < 4.78 is 39.3. The van der Waals surface area contributed by atoms with Crippen molar-refractivity contribution in [2.45, 2.75) is 12.7 Å². The van der Waals surface area contributed by atoms with E-state index in [2.05, 4.69) is 21.1 Å². The third kappa shape index (κ3) is 2.32. The first kappa shape index (κ1) is 13.2. The normalized spacial score (nSPS) is 13.4. The molecule has 0 spiro atoms. The lowest BCUT2D eigenvalue weighted by Gasteiger charge is -2.11. The molecule has 2 aromatic rings. The van der Waals surface area contributed by atoms with E-state index in [9.17, 15) is 13.2 Å². The van der Waals surface area contributed by atoms with Gasteiger partial charge in [-0.3, -0.25) is 0 Å². The number of alkyl halides is 3. The Labute approximate surface area is 112 Å². The molecule has 0 radical (unpaired) electrons. The van der Waals surface area contributed by atoms with E-state index >= 15 is 0 Å². The number of oxime groups is 1. The minimum atomic E-state index is -4.38. The third-order valence-electron chi connectivity index (χ3n) is 2.29. The molecule has 0 saturated heterocycles. The molecule has 0 bridgehead atoms. The maximum Gasteiger partial charge on any atom is 0.406 e. The van der Waals surface area contributed by atoms with Gasteiger partial charge in [0.2, 0.25) is 0 Å². The first-order valence-corrected chi connectivity index (χ1v) is 6.31. The number of hydrogen-bond acceptors (Lipinski definition) is 3. The van der Waals surface area contributed by atoms with Crippen LogP contribution in [0, 0.1) is 0 Å². The lowest BCUT2D eigenvalue weighted by atomic mass is 10.3. The summed E-state index contributed by atoms with van der Waals surface area (Å²) in [5.41, 5.74) is 5.43. The van der Waals surface area contributed by atoms with E-state index in [0.717, 1.165) is 15.9 Å². The molecule has 0 aliphatic heterocycles. The van der Waals surface area contributed by atoms with Gasteiger partial charge in [-0.15, -0.1) is 11.3 Å². The standard InChI is InChI=1S/C9H7BrF3N3OS/c10-5-2-18-8-4(5)1-6(7(14)15-17)16(8)3-9(11,12)13/h1-2,17H,3H2,(H2,14,15). The van der Waals surface area contributed by atoms with Gasteiger partial charge in [-0.25, -0.2) is 0 Å². The van der Waals surface area contributed by atoms with Crippen LogP contribution < -0.4 is 5.73 Å². The smallest absolute Gasteiger partial charge is 0.406 e. The fourth-order valence-corrected chi connectivity index (χ4v) is 3.24. The van der Waals surface area contributed by atoms with Crippen LogP contribution in [0.1, 0.15) is 5.69 Å². The molecule has 0 saturated carbocycles. The number of aromatic nitrogens is 1. The summed E-state index contributed by atoms with van der Waals surface area (Å²) in [5, 5.41) is 13.6. The Bertz CT molecular complexity index is 616. The lowest BCUT2D eigenvalue weighted by molar-refractivity contribution is -0.139. The van der Waals surface area contributed by atoms with Gasteiger partial charge >= 0.3 is 6.18 Å². The van der Waals surface area contributed by atoms with Crippen molar-refractivity contribution in [3.05, 3.63) is 21.6 Å². The van der Waals surface area contributed by atoms with E-state index < -0.39 is 12.7 Å². The van der Waals surface area contributed by atoms with E-state index in [1.165, 1.54) is 6.07 Å². The molecular weight excluding hydrogens is 335 g/mol. The van der Waals surface area contributed by atoms with Gasteiger partial charge in [0.1, 0.15) is 11.4 Å². The minimum Gasteiger partial charge on any atom is -0.409 e. The SMILES string of the molecule is NC(=NO)c1cc2c(Br)csc2n1CC(F)(F)F. The molecule has 3 N–H and O–H groups in total. The molecule has 2 heterocycles. The number of thiophene rings is 1. The molecule has 98 valence electrons. The Morgan fingerprint density at radius 3 is 2.78 bits per heavy atom. The molecule has 9 heteroatoms. The molecule has 0 fully saturated rings. The van der Waals surface area contributed by atoms with Gasteiger partial charge in [0.05, 0.1) is 5.69 Å². The van der Waals surface area contributed by atoms with Crippen molar-refractivity contribution in [3.63, 3.8) is 0 Å². The van der Waals surface area contributed by atoms with Crippen LogP contribution in [-0.4, -0.2) is 21.8 Å². The Balaban J connectivity index is 2.65. The summed E-state index contributed by atoms with van der Waals surface area (Å²) in [5.74, 6) is -0.352. The van der Waals surface area contributed by atoms with Crippen molar-refractivity contribution in [2.24, 2.45) is 10.9 Å². The van der Waals surface area contributed by atoms with Crippen molar-refractivity contribution in [1.29, 1.82) is 0 Å². The molecular formula is C9H7BrF3N3OS. The van der Waals surface area contributed by atoms with Crippen LogP contribution in [0.4, 0.5) is 13.2 Å². The van der Waals surface area contributed by atoms with Crippen LogP contribution in [0.15, 0.2) is 21.1 Å². The molecule has 0 atom stereocenters. The topological polar surface area (TPSA) is 63.5 Å². The fraction of sp³-hybridized carbons (Fsp3) is 0.222. The zero-order valence-electron chi connectivity index (χ0n) is 8.70. The van der Waals surface area contributed by atoms with Gasteiger partial charge in [0.15, 0.2) is 5.84 Å². The van der Waals surface area contributed by atoms with E-state index in [-0.39, 0.29) is 11.5 Å². The molecule has 0 unspecified atom stereocenters. The number of fused-ring (bicyclic) bond motifs is 1. The Morgan fingerprint density at radius 2 is 2.22 bits per heavy atom. The molecule has 0 aliphatic rings. The monoisotopic (exact) mass is 341 g/mol. The largest absolute Gasteiger partial charge is 0.409 e. The average molecular weight is 342 g/mol. The van der Waals surface area contributed by atoms with E-state index in [4.69, 9.17) is 10.9 Å². The van der Waals surface area contributed by atoms with Gasteiger partial charge in [-0.05, 0) is 22.0 Å². The summed E-state index contributed by atoms with van der Waals surface area (Å²) in [6.45, 7) is -1.19. The maximum absolute atomic E-state index is 12.5. The van der Waals surface area contributed by atoms with Crippen molar-refractivity contribution in [3.8, 4) is 0 Å². The highest BCUT2D eigenvalue weighted by atomic mass is 79.9. The molecule has 2 rings (SSSR count). The van der Waals surface area contributed by atoms with Crippen LogP contribution >= 0.6 is 27.3 Å². The molecule has 0 aliphatic carbocycles. The Kier molecular flexibility index (Phi) is 3.28. The lowest BCUT2D eigenvalue weighted by Crippen LogP contribution is -2.24. The van der Waals surface area contributed by atoms with Crippen LogP contribution in [0.2, 0.25) is 0 Å². The van der Waals surface area contributed by atoms with Gasteiger partial charge in [-0.2, -0.15) is 13.2 Å². The second kappa shape index (κ2) is 4.47. The maximum atomic E-state index is 12.5. The summed E-state index contributed by atoms with van der Waals surface area (Å²) in [7, 11) is 0. The number of rotatable bonds is 2. The first-order chi connectivity index (χ1) is 8.33. The van der Waals surface area contributed by atoms with Crippen LogP contribution in [0.3, 0.4) is 0 Å². The number of nitrogens with zero attached hydrogens (tertiary/aromatic N) is 2.